The van der Waals surface area contributed by atoms with E-state index >= 15 is 0 Å². The van der Waals surface area contributed by atoms with E-state index in [0.29, 0.717) is 12.4 Å². The average molecular weight is 350 g/mol. The summed E-state index contributed by atoms with van der Waals surface area (Å²) in [7, 11) is 0. The van der Waals surface area contributed by atoms with Crippen LogP contribution in [0.15, 0.2) is 35.5 Å². The molecule has 0 amide bonds. The molecule has 3 aromatic rings. The van der Waals surface area contributed by atoms with Gasteiger partial charge in [0, 0.05) is 61.8 Å². The number of fused-ring (bicyclic) bond motifs is 1. The van der Waals surface area contributed by atoms with E-state index in [9.17, 15) is 4.79 Å². The highest BCUT2D eigenvalue weighted by Gasteiger charge is 2.22. The van der Waals surface area contributed by atoms with Crippen molar-refractivity contribution in [3.63, 3.8) is 0 Å². The van der Waals surface area contributed by atoms with Crippen LogP contribution in [0.25, 0.3) is 11.4 Å². The monoisotopic (exact) mass is 350 g/mol. The second kappa shape index (κ2) is 6.84. The molecule has 0 aliphatic carbocycles. The first-order valence-corrected chi connectivity index (χ1v) is 8.91. The van der Waals surface area contributed by atoms with Crippen molar-refractivity contribution in [3.05, 3.63) is 63.6 Å². The molecule has 134 valence electrons. The predicted molar refractivity (Wildman–Crippen MR) is 98.5 cm³/mol. The van der Waals surface area contributed by atoms with Gasteiger partial charge in [-0.2, -0.15) is 5.10 Å². The smallest absolute Gasteiger partial charge is 0.255 e. The Labute approximate surface area is 151 Å². The highest BCUT2D eigenvalue weighted by Crippen LogP contribution is 2.20. The van der Waals surface area contributed by atoms with Crippen molar-refractivity contribution in [2.24, 2.45) is 0 Å². The number of aromatic amines is 1. The maximum Gasteiger partial charge on any atom is 0.255 e. The summed E-state index contributed by atoms with van der Waals surface area (Å²) in [6.07, 6.45) is 6.12. The topological polar surface area (TPSA) is 79.7 Å². The summed E-state index contributed by atoms with van der Waals surface area (Å²) in [5.74, 6) is 0.615. The summed E-state index contributed by atoms with van der Waals surface area (Å²) in [6.45, 7) is 7.36. The molecule has 0 bridgehead atoms. The Balaban J connectivity index is 1.57. The molecule has 0 saturated carbocycles. The van der Waals surface area contributed by atoms with Gasteiger partial charge in [-0.25, -0.2) is 4.98 Å². The van der Waals surface area contributed by atoms with Crippen molar-refractivity contribution in [1.82, 2.24) is 29.6 Å². The molecular formula is C19H22N6O. The van der Waals surface area contributed by atoms with E-state index < -0.39 is 0 Å². The van der Waals surface area contributed by atoms with Crippen LogP contribution in [0.2, 0.25) is 0 Å². The number of H-pyrrole nitrogens is 1. The van der Waals surface area contributed by atoms with Crippen LogP contribution < -0.4 is 5.56 Å². The van der Waals surface area contributed by atoms with Crippen molar-refractivity contribution in [2.75, 3.05) is 6.54 Å². The Morgan fingerprint density at radius 1 is 1.27 bits per heavy atom. The van der Waals surface area contributed by atoms with Gasteiger partial charge in [-0.1, -0.05) is 0 Å². The summed E-state index contributed by atoms with van der Waals surface area (Å²) in [5, 5.41) is 4.41. The molecule has 0 spiro atoms. The summed E-state index contributed by atoms with van der Waals surface area (Å²) < 4.78 is 2.00. The summed E-state index contributed by atoms with van der Waals surface area (Å²) >= 11 is 0. The summed E-state index contributed by atoms with van der Waals surface area (Å²) in [6, 6.07) is 3.71. The van der Waals surface area contributed by atoms with Crippen molar-refractivity contribution in [2.45, 2.75) is 39.9 Å². The lowest BCUT2D eigenvalue weighted by atomic mass is 10.1. The Morgan fingerprint density at radius 2 is 2.08 bits per heavy atom. The number of aryl methyl sites for hydroxylation is 1. The number of nitrogens with one attached hydrogen (secondary N) is 1. The van der Waals surface area contributed by atoms with Crippen LogP contribution in [-0.4, -0.2) is 36.2 Å². The Hall–Kier alpha value is -2.80. The minimum Gasteiger partial charge on any atom is -0.306 e. The lowest BCUT2D eigenvalue weighted by Crippen LogP contribution is -2.35. The van der Waals surface area contributed by atoms with Gasteiger partial charge in [-0.3, -0.25) is 19.4 Å². The number of rotatable bonds is 4. The van der Waals surface area contributed by atoms with Crippen molar-refractivity contribution in [1.29, 1.82) is 0 Å². The zero-order valence-corrected chi connectivity index (χ0v) is 15.1. The highest BCUT2D eigenvalue weighted by molar-refractivity contribution is 5.54. The van der Waals surface area contributed by atoms with Gasteiger partial charge in [0.1, 0.15) is 5.82 Å². The first kappa shape index (κ1) is 16.7. The van der Waals surface area contributed by atoms with Crippen molar-refractivity contribution in [3.8, 4) is 11.4 Å². The third-order valence-electron chi connectivity index (χ3n) is 5.00. The van der Waals surface area contributed by atoms with Crippen LogP contribution in [0.4, 0.5) is 0 Å². The quantitative estimate of drug-likeness (QED) is 0.777. The van der Waals surface area contributed by atoms with E-state index in [1.807, 2.05) is 23.0 Å². The first-order valence-electron chi connectivity index (χ1n) is 8.91. The fourth-order valence-corrected chi connectivity index (χ4v) is 3.46. The van der Waals surface area contributed by atoms with Crippen LogP contribution in [-0.2, 0) is 26.1 Å². The zero-order valence-electron chi connectivity index (χ0n) is 15.1. The van der Waals surface area contributed by atoms with Gasteiger partial charge >= 0.3 is 0 Å². The average Bonchev–Trinajstić information content (AvgIpc) is 3.02. The van der Waals surface area contributed by atoms with Gasteiger partial charge in [0.05, 0.1) is 17.5 Å². The molecule has 4 rings (SSSR count). The van der Waals surface area contributed by atoms with E-state index in [-0.39, 0.29) is 5.56 Å². The maximum absolute atomic E-state index is 12.6. The lowest BCUT2D eigenvalue weighted by molar-refractivity contribution is 0.241. The fraction of sp³-hybridized carbons (Fsp3) is 0.368. The molecule has 4 heterocycles. The minimum atomic E-state index is -0.0486. The molecule has 26 heavy (non-hydrogen) atoms. The molecule has 0 aromatic carbocycles. The molecule has 1 aliphatic heterocycles. The second-order valence-corrected chi connectivity index (χ2v) is 6.61. The SMILES string of the molecule is CCn1ncc(CN2CCc3nc(-c4ccncc4)[nH]c(=O)c3C2)c1C. The number of aromatic nitrogens is 5. The molecule has 1 N–H and O–H groups in total. The Kier molecular flexibility index (Phi) is 4.38. The highest BCUT2D eigenvalue weighted by atomic mass is 16.1. The van der Waals surface area contributed by atoms with E-state index in [4.69, 9.17) is 4.98 Å². The van der Waals surface area contributed by atoms with E-state index in [2.05, 4.69) is 33.8 Å². The van der Waals surface area contributed by atoms with Gasteiger partial charge in [0.25, 0.3) is 5.56 Å². The normalized spacial score (nSPS) is 14.4. The zero-order chi connectivity index (χ0) is 18.1. The standard InChI is InChI=1S/C19H22N6O/c1-3-25-13(2)15(10-21-25)11-24-9-6-17-16(12-24)19(26)23-18(22-17)14-4-7-20-8-5-14/h4-5,7-8,10H,3,6,9,11-12H2,1-2H3,(H,22,23,26). The molecule has 0 radical (unpaired) electrons. The predicted octanol–water partition coefficient (Wildman–Crippen LogP) is 1.92. The molecule has 1 aliphatic rings. The molecule has 0 saturated heterocycles. The maximum atomic E-state index is 12.6. The van der Waals surface area contributed by atoms with Gasteiger partial charge in [0.15, 0.2) is 0 Å². The van der Waals surface area contributed by atoms with Crippen molar-refractivity contribution >= 4 is 0 Å². The third-order valence-corrected chi connectivity index (χ3v) is 5.00. The third kappa shape index (κ3) is 3.06. The number of pyridine rings is 1. The first-order chi connectivity index (χ1) is 12.7. The lowest BCUT2D eigenvalue weighted by Gasteiger charge is -2.27. The number of hydrogen-bond donors (Lipinski definition) is 1. The summed E-state index contributed by atoms with van der Waals surface area (Å²) in [4.78, 5) is 26.5. The van der Waals surface area contributed by atoms with Gasteiger partial charge in [-0.15, -0.1) is 0 Å². The fourth-order valence-electron chi connectivity index (χ4n) is 3.46. The minimum absolute atomic E-state index is 0.0486. The van der Waals surface area contributed by atoms with Crippen LogP contribution in [0.5, 0.6) is 0 Å². The number of nitrogens with zero attached hydrogens (tertiary/aromatic N) is 5. The van der Waals surface area contributed by atoms with Gasteiger partial charge in [-0.05, 0) is 26.0 Å². The van der Waals surface area contributed by atoms with E-state index in [0.717, 1.165) is 42.9 Å². The van der Waals surface area contributed by atoms with Crippen LogP contribution in [0.3, 0.4) is 0 Å². The summed E-state index contributed by atoms with van der Waals surface area (Å²) in [5.41, 5.74) is 4.91. The molecular weight excluding hydrogens is 328 g/mol. The van der Waals surface area contributed by atoms with Crippen molar-refractivity contribution < 1.29 is 0 Å². The molecule has 0 unspecified atom stereocenters. The van der Waals surface area contributed by atoms with E-state index in [1.165, 1.54) is 11.3 Å². The van der Waals surface area contributed by atoms with Crippen LogP contribution in [0.1, 0.15) is 29.4 Å². The molecule has 3 aromatic heterocycles. The van der Waals surface area contributed by atoms with Crippen LogP contribution >= 0.6 is 0 Å². The Bertz CT molecular complexity index is 975. The number of hydrogen-bond acceptors (Lipinski definition) is 5. The second-order valence-electron chi connectivity index (χ2n) is 6.61. The van der Waals surface area contributed by atoms with E-state index in [1.54, 1.807) is 12.4 Å². The molecule has 0 atom stereocenters. The molecule has 7 heteroatoms. The molecule has 0 fully saturated rings. The van der Waals surface area contributed by atoms with Crippen LogP contribution in [0, 0.1) is 6.92 Å². The Morgan fingerprint density at radius 3 is 2.81 bits per heavy atom. The van der Waals surface area contributed by atoms with Gasteiger partial charge < -0.3 is 4.98 Å². The van der Waals surface area contributed by atoms with Gasteiger partial charge in [0.2, 0.25) is 0 Å². The molecule has 7 nitrogen and oxygen atoms in total. The largest absolute Gasteiger partial charge is 0.306 e.